The molecule has 26 heavy (non-hydrogen) atoms. The molecule has 4 rings (SSSR count). The summed E-state index contributed by atoms with van der Waals surface area (Å²) in [7, 11) is 0. The summed E-state index contributed by atoms with van der Waals surface area (Å²) in [5, 5.41) is 8.30. The van der Waals surface area contributed by atoms with Crippen LogP contribution in [0.3, 0.4) is 0 Å². The highest BCUT2D eigenvalue weighted by atomic mass is 16.4. The van der Waals surface area contributed by atoms with Crippen LogP contribution in [-0.4, -0.2) is 14.8 Å². The number of rotatable bonds is 4. The highest BCUT2D eigenvalue weighted by Gasteiger charge is 2.10. The first-order valence-electron chi connectivity index (χ1n) is 8.17. The van der Waals surface area contributed by atoms with E-state index in [2.05, 4.69) is 10.2 Å². The molecule has 0 aliphatic heterocycles. The van der Waals surface area contributed by atoms with Crippen LogP contribution in [0.1, 0.15) is 18.1 Å². The average Bonchev–Trinajstić information content (AvgIpc) is 3.17. The zero-order valence-corrected chi connectivity index (χ0v) is 14.0. The van der Waals surface area contributed by atoms with Crippen LogP contribution in [0.4, 0.5) is 0 Å². The van der Waals surface area contributed by atoms with Gasteiger partial charge in [-0.3, -0.25) is 4.79 Å². The molecule has 0 aliphatic rings. The SMILES string of the molecule is CCc1ccc2c(Cn3cc(-c4nnco4)ccc3=O)cc(=O)oc2c1. The van der Waals surface area contributed by atoms with Crippen LogP contribution in [-0.2, 0) is 13.0 Å². The zero-order chi connectivity index (χ0) is 18.1. The first-order valence-corrected chi connectivity index (χ1v) is 8.17. The van der Waals surface area contributed by atoms with Gasteiger partial charge in [-0.15, -0.1) is 10.2 Å². The first-order chi connectivity index (χ1) is 12.6. The van der Waals surface area contributed by atoms with E-state index in [0.717, 1.165) is 17.4 Å². The lowest BCUT2D eigenvalue weighted by molar-refractivity contribution is 0.556. The molecule has 7 heteroatoms. The van der Waals surface area contributed by atoms with Gasteiger partial charge in [0, 0.05) is 23.7 Å². The lowest BCUT2D eigenvalue weighted by Gasteiger charge is -2.09. The fourth-order valence-electron chi connectivity index (χ4n) is 2.89. The summed E-state index contributed by atoms with van der Waals surface area (Å²) in [4.78, 5) is 24.2. The second kappa shape index (κ2) is 6.44. The Labute approximate surface area is 147 Å². The molecule has 0 spiro atoms. The van der Waals surface area contributed by atoms with Crippen LogP contribution < -0.4 is 11.2 Å². The molecule has 0 unspecified atom stereocenters. The van der Waals surface area contributed by atoms with Crippen molar-refractivity contribution in [3.05, 3.63) is 80.9 Å². The Morgan fingerprint density at radius 2 is 2.00 bits per heavy atom. The topological polar surface area (TPSA) is 91.1 Å². The van der Waals surface area contributed by atoms with Crippen LogP contribution in [0.2, 0.25) is 0 Å². The van der Waals surface area contributed by atoms with E-state index in [4.69, 9.17) is 8.83 Å². The predicted molar refractivity (Wildman–Crippen MR) is 95.0 cm³/mol. The normalized spacial score (nSPS) is 11.1. The van der Waals surface area contributed by atoms with Gasteiger partial charge in [-0.05, 0) is 29.7 Å². The molecule has 0 bridgehead atoms. The molecule has 4 aromatic rings. The Kier molecular flexibility index (Phi) is 3.96. The van der Waals surface area contributed by atoms with Crippen molar-refractivity contribution in [3.63, 3.8) is 0 Å². The molecule has 0 saturated heterocycles. The van der Waals surface area contributed by atoms with E-state index in [9.17, 15) is 9.59 Å². The molecule has 0 fully saturated rings. The van der Waals surface area contributed by atoms with Crippen molar-refractivity contribution in [1.82, 2.24) is 14.8 Å². The Morgan fingerprint density at radius 3 is 2.77 bits per heavy atom. The fourth-order valence-corrected chi connectivity index (χ4v) is 2.89. The highest BCUT2D eigenvalue weighted by Crippen LogP contribution is 2.20. The Hall–Kier alpha value is -3.48. The summed E-state index contributed by atoms with van der Waals surface area (Å²) in [5.74, 6) is 0.323. The minimum absolute atomic E-state index is 0.195. The number of nitrogens with zero attached hydrogens (tertiary/aromatic N) is 3. The van der Waals surface area contributed by atoms with Gasteiger partial charge >= 0.3 is 5.63 Å². The smallest absolute Gasteiger partial charge is 0.336 e. The van der Waals surface area contributed by atoms with Crippen LogP contribution in [0.25, 0.3) is 22.4 Å². The number of hydrogen-bond acceptors (Lipinski definition) is 6. The van der Waals surface area contributed by atoms with E-state index in [1.54, 1.807) is 12.3 Å². The molecule has 0 radical (unpaired) electrons. The minimum Gasteiger partial charge on any atom is -0.423 e. The molecule has 0 amide bonds. The molecule has 0 saturated carbocycles. The molecule has 130 valence electrons. The third-order valence-corrected chi connectivity index (χ3v) is 4.23. The summed E-state index contributed by atoms with van der Waals surface area (Å²) >= 11 is 0. The minimum atomic E-state index is -0.443. The third-order valence-electron chi connectivity index (χ3n) is 4.23. The number of pyridine rings is 1. The molecule has 1 aromatic carbocycles. The van der Waals surface area contributed by atoms with E-state index in [0.29, 0.717) is 22.6 Å². The summed E-state index contributed by atoms with van der Waals surface area (Å²) in [6.45, 7) is 2.26. The number of aryl methyl sites for hydroxylation is 1. The van der Waals surface area contributed by atoms with Crippen molar-refractivity contribution < 1.29 is 8.83 Å². The van der Waals surface area contributed by atoms with Gasteiger partial charge in [-0.2, -0.15) is 0 Å². The standard InChI is InChI=1S/C19H15N3O4/c1-2-12-3-5-15-14(8-18(24)26-16(15)7-12)10-22-9-13(4-6-17(22)23)19-21-20-11-25-19/h3-9,11H,2,10H2,1H3. The van der Waals surface area contributed by atoms with E-state index >= 15 is 0 Å². The van der Waals surface area contributed by atoms with Crippen molar-refractivity contribution in [2.45, 2.75) is 19.9 Å². The van der Waals surface area contributed by atoms with E-state index in [-0.39, 0.29) is 12.1 Å². The number of hydrogen-bond donors (Lipinski definition) is 0. The Morgan fingerprint density at radius 1 is 1.12 bits per heavy atom. The maximum absolute atomic E-state index is 12.3. The van der Waals surface area contributed by atoms with Crippen LogP contribution in [0.5, 0.6) is 0 Å². The third kappa shape index (κ3) is 2.95. The monoisotopic (exact) mass is 349 g/mol. The van der Waals surface area contributed by atoms with Gasteiger partial charge in [-0.1, -0.05) is 19.1 Å². The second-order valence-corrected chi connectivity index (χ2v) is 5.90. The largest absolute Gasteiger partial charge is 0.423 e. The number of benzene rings is 1. The van der Waals surface area contributed by atoms with Crippen LogP contribution in [0, 0.1) is 0 Å². The first kappa shape index (κ1) is 16.0. The maximum Gasteiger partial charge on any atom is 0.336 e. The lowest BCUT2D eigenvalue weighted by Crippen LogP contribution is -2.20. The average molecular weight is 349 g/mol. The molecule has 7 nitrogen and oxygen atoms in total. The summed E-state index contributed by atoms with van der Waals surface area (Å²) < 4.78 is 12.0. The quantitative estimate of drug-likeness (QED) is 0.526. The van der Waals surface area contributed by atoms with E-state index < -0.39 is 5.63 Å². The second-order valence-electron chi connectivity index (χ2n) is 5.90. The molecular weight excluding hydrogens is 334 g/mol. The van der Waals surface area contributed by atoms with Crippen molar-refractivity contribution >= 4 is 11.0 Å². The molecule has 0 atom stereocenters. The van der Waals surface area contributed by atoms with E-state index in [1.165, 1.54) is 23.1 Å². The van der Waals surface area contributed by atoms with Gasteiger partial charge in [0.1, 0.15) is 5.58 Å². The number of fused-ring (bicyclic) bond motifs is 1. The van der Waals surface area contributed by atoms with Gasteiger partial charge in [0.05, 0.1) is 12.1 Å². The van der Waals surface area contributed by atoms with Gasteiger partial charge in [-0.25, -0.2) is 4.79 Å². The molecule has 0 aliphatic carbocycles. The predicted octanol–water partition coefficient (Wildman–Crippen LogP) is 2.62. The maximum atomic E-state index is 12.3. The lowest BCUT2D eigenvalue weighted by atomic mass is 10.1. The molecule has 3 heterocycles. The fraction of sp³-hybridized carbons (Fsp3) is 0.158. The number of aromatic nitrogens is 3. The molecule has 0 N–H and O–H groups in total. The van der Waals surface area contributed by atoms with Gasteiger partial charge in [0.15, 0.2) is 0 Å². The molecular formula is C19H15N3O4. The van der Waals surface area contributed by atoms with Gasteiger partial charge in [0.2, 0.25) is 12.3 Å². The van der Waals surface area contributed by atoms with E-state index in [1.807, 2.05) is 25.1 Å². The van der Waals surface area contributed by atoms with Crippen molar-refractivity contribution in [2.75, 3.05) is 0 Å². The van der Waals surface area contributed by atoms with Crippen molar-refractivity contribution in [2.24, 2.45) is 0 Å². The van der Waals surface area contributed by atoms with Crippen molar-refractivity contribution in [1.29, 1.82) is 0 Å². The summed E-state index contributed by atoms with van der Waals surface area (Å²) in [5.41, 5.74) is 2.30. The van der Waals surface area contributed by atoms with Gasteiger partial charge < -0.3 is 13.4 Å². The molecule has 3 aromatic heterocycles. The summed E-state index contributed by atoms with van der Waals surface area (Å²) in [6.07, 6.45) is 3.71. The highest BCUT2D eigenvalue weighted by molar-refractivity contribution is 5.80. The Balaban J connectivity index is 1.81. The zero-order valence-electron chi connectivity index (χ0n) is 14.0. The Bertz CT molecular complexity index is 1190. The van der Waals surface area contributed by atoms with Crippen LogP contribution in [0.15, 0.2) is 67.4 Å². The van der Waals surface area contributed by atoms with Crippen molar-refractivity contribution in [3.8, 4) is 11.5 Å². The summed E-state index contributed by atoms with van der Waals surface area (Å²) in [6, 6.07) is 10.2. The van der Waals surface area contributed by atoms with Crippen LogP contribution >= 0.6 is 0 Å². The van der Waals surface area contributed by atoms with Gasteiger partial charge in [0.25, 0.3) is 5.56 Å².